The molecule has 1 aromatic carbocycles. The quantitative estimate of drug-likeness (QED) is 0.845. The number of nitrogens with zero attached hydrogens (tertiary/aromatic N) is 2. The zero-order chi connectivity index (χ0) is 12.3. The summed E-state index contributed by atoms with van der Waals surface area (Å²) in [6.07, 6.45) is 0. The van der Waals surface area contributed by atoms with Crippen LogP contribution >= 0.6 is 15.9 Å². The Morgan fingerprint density at radius 3 is 2.53 bits per heavy atom. The van der Waals surface area contributed by atoms with Gasteiger partial charge in [-0.2, -0.15) is 0 Å². The summed E-state index contributed by atoms with van der Waals surface area (Å²) in [6, 6.07) is 9.19. The van der Waals surface area contributed by atoms with E-state index in [0.717, 1.165) is 0 Å². The molecule has 0 N–H and O–H groups in total. The van der Waals surface area contributed by atoms with Crippen LogP contribution in [-0.4, -0.2) is 42.5 Å². The molecule has 1 saturated heterocycles. The summed E-state index contributed by atoms with van der Waals surface area (Å²) in [7, 11) is 0. The molecule has 1 aliphatic rings. The lowest BCUT2D eigenvalue weighted by atomic mass is 10.1. The van der Waals surface area contributed by atoms with Gasteiger partial charge in [-0.05, 0) is 31.2 Å². The summed E-state index contributed by atoms with van der Waals surface area (Å²) in [5, 5.41) is 0. The topological polar surface area (TPSA) is 6.48 Å². The maximum absolute atomic E-state index is 3.55. The van der Waals surface area contributed by atoms with Gasteiger partial charge < -0.3 is 4.90 Å². The van der Waals surface area contributed by atoms with E-state index in [9.17, 15) is 0 Å². The molecule has 0 aromatic heterocycles. The first-order chi connectivity index (χ1) is 8.20. The van der Waals surface area contributed by atoms with Crippen molar-refractivity contribution >= 4 is 15.9 Å². The SMILES string of the molecule is CCN1CCN(C(C)c2cccc(Br)c2)CC1. The summed E-state index contributed by atoms with van der Waals surface area (Å²) in [6.45, 7) is 10.5. The van der Waals surface area contributed by atoms with Gasteiger partial charge in [0.05, 0.1) is 0 Å². The fraction of sp³-hybridized carbons (Fsp3) is 0.571. The first-order valence-electron chi connectivity index (χ1n) is 6.42. The molecule has 17 heavy (non-hydrogen) atoms. The monoisotopic (exact) mass is 296 g/mol. The van der Waals surface area contributed by atoms with Crippen molar-refractivity contribution in [1.82, 2.24) is 9.80 Å². The molecule has 0 amide bonds. The fourth-order valence-corrected chi connectivity index (χ4v) is 2.86. The number of piperazine rings is 1. The molecule has 0 radical (unpaired) electrons. The maximum Gasteiger partial charge on any atom is 0.0321 e. The Bertz CT molecular complexity index is 359. The van der Waals surface area contributed by atoms with Gasteiger partial charge in [-0.25, -0.2) is 0 Å². The largest absolute Gasteiger partial charge is 0.301 e. The summed E-state index contributed by atoms with van der Waals surface area (Å²) < 4.78 is 1.18. The van der Waals surface area contributed by atoms with Crippen molar-refractivity contribution in [2.75, 3.05) is 32.7 Å². The van der Waals surface area contributed by atoms with Crippen molar-refractivity contribution in [3.05, 3.63) is 34.3 Å². The second-order valence-corrected chi connectivity index (χ2v) is 5.62. The van der Waals surface area contributed by atoms with Gasteiger partial charge in [-0.15, -0.1) is 0 Å². The van der Waals surface area contributed by atoms with E-state index in [2.05, 4.69) is 63.8 Å². The van der Waals surface area contributed by atoms with Gasteiger partial charge in [0.25, 0.3) is 0 Å². The highest BCUT2D eigenvalue weighted by atomic mass is 79.9. The molecule has 0 saturated carbocycles. The van der Waals surface area contributed by atoms with Crippen LogP contribution in [0, 0.1) is 0 Å². The Morgan fingerprint density at radius 1 is 1.24 bits per heavy atom. The van der Waals surface area contributed by atoms with Crippen LogP contribution in [-0.2, 0) is 0 Å². The highest BCUT2D eigenvalue weighted by Gasteiger charge is 2.21. The molecule has 1 unspecified atom stereocenters. The molecule has 1 atom stereocenters. The first-order valence-corrected chi connectivity index (χ1v) is 7.22. The van der Waals surface area contributed by atoms with Crippen LogP contribution in [0.2, 0.25) is 0 Å². The number of rotatable bonds is 3. The van der Waals surface area contributed by atoms with E-state index in [1.807, 2.05) is 0 Å². The van der Waals surface area contributed by atoms with Gasteiger partial charge in [-0.1, -0.05) is 35.0 Å². The van der Waals surface area contributed by atoms with E-state index >= 15 is 0 Å². The second kappa shape index (κ2) is 5.98. The van der Waals surface area contributed by atoms with Crippen LogP contribution in [0.3, 0.4) is 0 Å². The minimum absolute atomic E-state index is 0.520. The van der Waals surface area contributed by atoms with Crippen molar-refractivity contribution in [3.63, 3.8) is 0 Å². The van der Waals surface area contributed by atoms with Gasteiger partial charge >= 0.3 is 0 Å². The zero-order valence-electron chi connectivity index (χ0n) is 10.7. The number of benzene rings is 1. The molecule has 1 aliphatic heterocycles. The Kier molecular flexibility index (Phi) is 4.60. The average molecular weight is 297 g/mol. The molecule has 2 nitrogen and oxygen atoms in total. The summed E-state index contributed by atoms with van der Waals surface area (Å²) in [5.74, 6) is 0. The molecular formula is C14H21BrN2. The van der Waals surface area contributed by atoms with Crippen LogP contribution in [0.25, 0.3) is 0 Å². The van der Waals surface area contributed by atoms with Crippen molar-refractivity contribution < 1.29 is 0 Å². The average Bonchev–Trinajstić information content (AvgIpc) is 2.38. The number of halogens is 1. The molecule has 1 heterocycles. The molecule has 94 valence electrons. The van der Waals surface area contributed by atoms with E-state index in [0.29, 0.717) is 6.04 Å². The Morgan fingerprint density at radius 2 is 1.94 bits per heavy atom. The standard InChI is InChI=1S/C14H21BrN2/c1-3-16-7-9-17(10-8-16)12(2)13-5-4-6-14(15)11-13/h4-6,11-12H,3,7-10H2,1-2H3. The Labute approximate surface area is 113 Å². The highest BCUT2D eigenvalue weighted by Crippen LogP contribution is 2.24. The van der Waals surface area contributed by atoms with E-state index in [4.69, 9.17) is 0 Å². The minimum Gasteiger partial charge on any atom is -0.301 e. The molecule has 3 heteroatoms. The number of likely N-dealkylation sites (N-methyl/N-ethyl adjacent to an activating group) is 1. The van der Waals surface area contributed by atoms with Gasteiger partial charge in [0, 0.05) is 36.7 Å². The maximum atomic E-state index is 3.55. The van der Waals surface area contributed by atoms with Gasteiger partial charge in [0.1, 0.15) is 0 Å². The Hall–Kier alpha value is -0.380. The molecule has 2 rings (SSSR count). The molecule has 0 spiro atoms. The van der Waals surface area contributed by atoms with Crippen molar-refractivity contribution in [1.29, 1.82) is 0 Å². The van der Waals surface area contributed by atoms with Gasteiger partial charge in [0.2, 0.25) is 0 Å². The molecule has 1 fully saturated rings. The summed E-state index contributed by atoms with van der Waals surface area (Å²) >= 11 is 3.55. The fourth-order valence-electron chi connectivity index (χ4n) is 2.44. The lowest BCUT2D eigenvalue weighted by Gasteiger charge is -2.37. The van der Waals surface area contributed by atoms with E-state index < -0.39 is 0 Å². The highest BCUT2D eigenvalue weighted by molar-refractivity contribution is 9.10. The smallest absolute Gasteiger partial charge is 0.0321 e. The van der Waals surface area contributed by atoms with Crippen molar-refractivity contribution in [3.8, 4) is 0 Å². The van der Waals surface area contributed by atoms with Crippen LogP contribution in [0.1, 0.15) is 25.5 Å². The molecule has 0 aliphatic carbocycles. The second-order valence-electron chi connectivity index (χ2n) is 4.70. The number of hydrogen-bond acceptors (Lipinski definition) is 2. The lowest BCUT2D eigenvalue weighted by Crippen LogP contribution is -2.46. The third-order valence-electron chi connectivity index (χ3n) is 3.73. The van der Waals surface area contributed by atoms with Crippen molar-refractivity contribution in [2.24, 2.45) is 0 Å². The lowest BCUT2D eigenvalue weighted by molar-refractivity contribution is 0.106. The third-order valence-corrected chi connectivity index (χ3v) is 4.23. The van der Waals surface area contributed by atoms with E-state index in [1.54, 1.807) is 0 Å². The normalized spacial score (nSPS) is 20.4. The summed E-state index contributed by atoms with van der Waals surface area (Å²) in [5.41, 5.74) is 1.41. The predicted octanol–water partition coefficient (Wildman–Crippen LogP) is 3.15. The number of hydrogen-bond donors (Lipinski definition) is 0. The first kappa shape index (κ1) is 13.1. The van der Waals surface area contributed by atoms with Crippen LogP contribution in [0.4, 0.5) is 0 Å². The van der Waals surface area contributed by atoms with Gasteiger partial charge in [0.15, 0.2) is 0 Å². The molecular weight excluding hydrogens is 276 g/mol. The van der Waals surface area contributed by atoms with Crippen LogP contribution in [0.5, 0.6) is 0 Å². The predicted molar refractivity (Wildman–Crippen MR) is 76.2 cm³/mol. The molecule has 0 bridgehead atoms. The van der Waals surface area contributed by atoms with Crippen LogP contribution in [0.15, 0.2) is 28.7 Å². The third kappa shape index (κ3) is 3.30. The molecule has 1 aromatic rings. The van der Waals surface area contributed by atoms with E-state index in [1.165, 1.54) is 42.8 Å². The van der Waals surface area contributed by atoms with Crippen LogP contribution < -0.4 is 0 Å². The minimum atomic E-state index is 0.520. The Balaban J connectivity index is 1.99. The van der Waals surface area contributed by atoms with Crippen molar-refractivity contribution in [2.45, 2.75) is 19.9 Å². The van der Waals surface area contributed by atoms with E-state index in [-0.39, 0.29) is 0 Å². The van der Waals surface area contributed by atoms with Gasteiger partial charge in [-0.3, -0.25) is 4.90 Å². The summed E-state index contributed by atoms with van der Waals surface area (Å²) in [4.78, 5) is 5.10. The zero-order valence-corrected chi connectivity index (χ0v) is 12.3.